The standard InChI is InChI=1S/C28H30ClN3O3S/c1-17(33)31-21(27(30)35)15-36-24(34)13-22-25(19-9-11-20(29)12-10-19)26(18-7-5-4-6-8-18)23-14-28(2,3)16-32(22)23/h4-12,21H,13-16H2,1-3H3,(H2,30,35)(H,31,33)/t21-/m1/s1. The van der Waals surface area contributed by atoms with E-state index in [1.807, 2.05) is 42.5 Å². The summed E-state index contributed by atoms with van der Waals surface area (Å²) in [5.41, 5.74) is 11.9. The van der Waals surface area contributed by atoms with Crippen molar-refractivity contribution >= 4 is 40.3 Å². The van der Waals surface area contributed by atoms with Crippen LogP contribution >= 0.6 is 23.4 Å². The SMILES string of the molecule is CC(=O)N[C@H](CSC(=O)Cc1c(-c2ccc(Cl)cc2)c(-c2ccccc2)c2n1CC(C)(C)C2)C(N)=O. The van der Waals surface area contributed by atoms with Gasteiger partial charge in [0.2, 0.25) is 11.8 Å². The Kier molecular flexibility index (Phi) is 7.62. The number of benzene rings is 2. The predicted octanol–water partition coefficient (Wildman–Crippen LogP) is 4.85. The van der Waals surface area contributed by atoms with E-state index in [4.69, 9.17) is 17.3 Å². The minimum Gasteiger partial charge on any atom is -0.368 e. The summed E-state index contributed by atoms with van der Waals surface area (Å²) in [6, 6.07) is 17.1. The van der Waals surface area contributed by atoms with E-state index in [9.17, 15) is 14.4 Å². The first kappa shape index (κ1) is 26.0. The molecule has 3 N–H and O–H groups in total. The van der Waals surface area contributed by atoms with Gasteiger partial charge >= 0.3 is 0 Å². The summed E-state index contributed by atoms with van der Waals surface area (Å²) < 4.78 is 2.30. The molecule has 0 aliphatic carbocycles. The molecule has 4 rings (SSSR count). The highest BCUT2D eigenvalue weighted by Crippen LogP contribution is 2.47. The summed E-state index contributed by atoms with van der Waals surface area (Å²) in [5.74, 6) is -0.936. The number of nitrogens with two attached hydrogens (primary N) is 1. The molecule has 0 saturated carbocycles. The summed E-state index contributed by atoms with van der Waals surface area (Å²) >= 11 is 7.21. The average Bonchev–Trinajstić information content (AvgIpc) is 3.27. The number of halogens is 1. The summed E-state index contributed by atoms with van der Waals surface area (Å²) in [5, 5.41) is 3.07. The van der Waals surface area contributed by atoms with Crippen molar-refractivity contribution in [1.29, 1.82) is 0 Å². The highest BCUT2D eigenvalue weighted by molar-refractivity contribution is 8.13. The van der Waals surface area contributed by atoms with Crippen molar-refractivity contribution in [3.63, 3.8) is 0 Å². The maximum Gasteiger partial charge on any atom is 0.240 e. The fourth-order valence-corrected chi connectivity index (χ4v) is 5.83. The van der Waals surface area contributed by atoms with Gasteiger partial charge in [-0.1, -0.05) is 79.7 Å². The number of thioether (sulfide) groups is 1. The van der Waals surface area contributed by atoms with E-state index >= 15 is 0 Å². The second kappa shape index (κ2) is 10.5. The molecule has 2 aromatic carbocycles. The molecule has 1 aliphatic heterocycles. The lowest BCUT2D eigenvalue weighted by atomic mass is 9.86. The fraction of sp³-hybridized carbons (Fsp3) is 0.321. The quantitative estimate of drug-likeness (QED) is 0.441. The zero-order valence-corrected chi connectivity index (χ0v) is 22.2. The van der Waals surface area contributed by atoms with Crippen LogP contribution in [0.15, 0.2) is 54.6 Å². The van der Waals surface area contributed by atoms with E-state index in [-0.39, 0.29) is 28.6 Å². The average molecular weight is 524 g/mol. The van der Waals surface area contributed by atoms with Crippen molar-refractivity contribution in [2.75, 3.05) is 5.75 Å². The first-order valence-electron chi connectivity index (χ1n) is 11.8. The third-order valence-electron chi connectivity index (χ3n) is 6.35. The zero-order valence-electron chi connectivity index (χ0n) is 20.6. The van der Waals surface area contributed by atoms with E-state index in [1.54, 1.807) is 0 Å². The largest absolute Gasteiger partial charge is 0.368 e. The summed E-state index contributed by atoms with van der Waals surface area (Å²) in [6.45, 7) is 6.60. The molecule has 188 valence electrons. The van der Waals surface area contributed by atoms with Crippen molar-refractivity contribution in [2.24, 2.45) is 11.1 Å². The molecule has 2 heterocycles. The Morgan fingerprint density at radius 2 is 1.69 bits per heavy atom. The van der Waals surface area contributed by atoms with Crippen LogP contribution in [0.1, 0.15) is 32.2 Å². The van der Waals surface area contributed by atoms with Gasteiger partial charge in [-0.25, -0.2) is 0 Å². The third-order valence-corrected chi connectivity index (χ3v) is 7.57. The molecule has 0 bridgehead atoms. The number of hydrogen-bond donors (Lipinski definition) is 2. The number of primary amides is 1. The summed E-state index contributed by atoms with van der Waals surface area (Å²) in [4.78, 5) is 36.4. The third kappa shape index (κ3) is 5.68. The van der Waals surface area contributed by atoms with Crippen LogP contribution in [0.5, 0.6) is 0 Å². The minimum atomic E-state index is -0.899. The Labute approximate surface area is 220 Å². The van der Waals surface area contributed by atoms with Gasteiger partial charge in [0.05, 0.1) is 6.42 Å². The Bertz CT molecular complexity index is 1300. The Morgan fingerprint density at radius 3 is 2.31 bits per heavy atom. The molecule has 2 amide bonds. The number of hydrogen-bond acceptors (Lipinski definition) is 4. The van der Waals surface area contributed by atoms with Crippen molar-refractivity contribution in [1.82, 2.24) is 9.88 Å². The van der Waals surface area contributed by atoms with Gasteiger partial charge < -0.3 is 15.6 Å². The number of nitrogens with one attached hydrogen (secondary N) is 1. The van der Waals surface area contributed by atoms with E-state index in [0.717, 1.165) is 52.7 Å². The van der Waals surface area contributed by atoms with Gasteiger partial charge in [0.15, 0.2) is 5.12 Å². The van der Waals surface area contributed by atoms with Gasteiger partial charge in [-0.05, 0) is 35.1 Å². The van der Waals surface area contributed by atoms with Crippen LogP contribution in [0, 0.1) is 5.41 Å². The molecular formula is C28H30ClN3O3S. The number of carbonyl (C=O) groups excluding carboxylic acids is 3. The first-order valence-corrected chi connectivity index (χ1v) is 13.2. The Balaban J connectivity index is 1.76. The maximum absolute atomic E-state index is 13.2. The van der Waals surface area contributed by atoms with Gasteiger partial charge in [-0.15, -0.1) is 0 Å². The van der Waals surface area contributed by atoms with Crippen molar-refractivity contribution < 1.29 is 14.4 Å². The Hall–Kier alpha value is -3.03. The van der Waals surface area contributed by atoms with E-state index in [1.165, 1.54) is 12.6 Å². The molecule has 6 nitrogen and oxygen atoms in total. The highest BCUT2D eigenvalue weighted by atomic mass is 35.5. The van der Waals surface area contributed by atoms with Crippen LogP contribution in [0.3, 0.4) is 0 Å². The van der Waals surface area contributed by atoms with E-state index < -0.39 is 11.9 Å². The van der Waals surface area contributed by atoms with Crippen LogP contribution in [0.25, 0.3) is 22.3 Å². The monoisotopic (exact) mass is 523 g/mol. The lowest BCUT2D eigenvalue weighted by Gasteiger charge is -2.19. The minimum absolute atomic E-state index is 0.0603. The van der Waals surface area contributed by atoms with Crippen LogP contribution < -0.4 is 11.1 Å². The lowest BCUT2D eigenvalue weighted by molar-refractivity contribution is -0.125. The van der Waals surface area contributed by atoms with Crippen LogP contribution in [0.2, 0.25) is 5.02 Å². The second-order valence-corrected chi connectivity index (χ2v) is 11.5. The number of nitrogens with zero attached hydrogens (tertiary/aromatic N) is 1. The zero-order chi connectivity index (χ0) is 26.0. The van der Waals surface area contributed by atoms with E-state index in [2.05, 4.69) is 35.9 Å². The van der Waals surface area contributed by atoms with E-state index in [0.29, 0.717) is 5.02 Å². The lowest BCUT2D eigenvalue weighted by Crippen LogP contribution is -2.45. The van der Waals surface area contributed by atoms with Crippen molar-refractivity contribution in [2.45, 2.75) is 46.2 Å². The van der Waals surface area contributed by atoms with Crippen molar-refractivity contribution in [3.8, 4) is 22.3 Å². The van der Waals surface area contributed by atoms with Crippen molar-refractivity contribution in [3.05, 3.63) is 71.0 Å². The second-order valence-electron chi connectivity index (χ2n) is 9.96. The van der Waals surface area contributed by atoms with Gasteiger partial charge in [0.1, 0.15) is 6.04 Å². The Morgan fingerprint density at radius 1 is 1.06 bits per heavy atom. The number of amides is 2. The molecule has 36 heavy (non-hydrogen) atoms. The molecule has 1 aliphatic rings. The molecule has 0 radical (unpaired) electrons. The van der Waals surface area contributed by atoms with Gasteiger partial charge in [-0.2, -0.15) is 0 Å². The molecule has 1 aromatic heterocycles. The van der Waals surface area contributed by atoms with Crippen LogP contribution in [0.4, 0.5) is 0 Å². The molecule has 1 atom stereocenters. The molecule has 0 fully saturated rings. The number of carbonyl (C=O) groups is 3. The normalized spacial score (nSPS) is 14.8. The molecular weight excluding hydrogens is 494 g/mol. The molecule has 0 saturated heterocycles. The number of rotatable bonds is 8. The smallest absolute Gasteiger partial charge is 0.240 e. The first-order chi connectivity index (χ1) is 17.1. The van der Waals surface area contributed by atoms with Crippen LogP contribution in [-0.2, 0) is 33.8 Å². The highest BCUT2D eigenvalue weighted by Gasteiger charge is 2.36. The number of aromatic nitrogens is 1. The van der Waals surface area contributed by atoms with Gasteiger partial charge in [0, 0.05) is 46.8 Å². The van der Waals surface area contributed by atoms with Gasteiger partial charge in [-0.3, -0.25) is 14.4 Å². The number of fused-ring (bicyclic) bond motifs is 1. The summed E-state index contributed by atoms with van der Waals surface area (Å²) in [7, 11) is 0. The topological polar surface area (TPSA) is 94.2 Å². The molecule has 0 spiro atoms. The van der Waals surface area contributed by atoms with Crippen LogP contribution in [-0.4, -0.2) is 33.3 Å². The molecule has 3 aromatic rings. The maximum atomic E-state index is 13.2. The fourth-order valence-electron chi connectivity index (χ4n) is 4.86. The van der Waals surface area contributed by atoms with Gasteiger partial charge in [0.25, 0.3) is 0 Å². The molecule has 8 heteroatoms. The summed E-state index contributed by atoms with van der Waals surface area (Å²) in [6.07, 6.45) is 1.08. The molecule has 0 unspecified atom stereocenters. The predicted molar refractivity (Wildman–Crippen MR) is 146 cm³/mol.